The molecule has 0 atom stereocenters. The first kappa shape index (κ1) is 19.8. The molecule has 0 aliphatic rings. The van der Waals surface area contributed by atoms with Crippen LogP contribution in [0.15, 0.2) is 54.6 Å². The van der Waals surface area contributed by atoms with Crippen LogP contribution in [0.4, 0.5) is 5.69 Å². The van der Waals surface area contributed by atoms with Crippen molar-refractivity contribution in [1.29, 1.82) is 0 Å². The predicted molar refractivity (Wildman–Crippen MR) is 107 cm³/mol. The second kappa shape index (κ2) is 7.97. The van der Waals surface area contributed by atoms with Crippen molar-refractivity contribution in [1.82, 2.24) is 4.68 Å². The zero-order valence-electron chi connectivity index (χ0n) is 16.1. The molecular formula is C21H19N3O5. The molecule has 0 bridgehead atoms. The Morgan fingerprint density at radius 3 is 2.07 bits per heavy atom. The minimum Gasteiger partial charge on any atom is -0.423 e. The Morgan fingerprint density at radius 2 is 1.52 bits per heavy atom. The van der Waals surface area contributed by atoms with Crippen molar-refractivity contribution >= 4 is 17.6 Å². The SMILES string of the molecule is Cc1cc(C(=O)Oc2ccc(C(=O)Nn3c(C)ccc3C)cc2)ccc1[N+](=O)[O-]. The van der Waals surface area contributed by atoms with Gasteiger partial charge in [0.05, 0.1) is 10.5 Å². The van der Waals surface area contributed by atoms with Crippen LogP contribution in [0, 0.1) is 30.9 Å². The van der Waals surface area contributed by atoms with Gasteiger partial charge in [0.2, 0.25) is 0 Å². The van der Waals surface area contributed by atoms with Crippen molar-refractivity contribution < 1.29 is 19.2 Å². The summed E-state index contributed by atoms with van der Waals surface area (Å²) in [7, 11) is 0. The molecule has 1 amide bonds. The van der Waals surface area contributed by atoms with E-state index < -0.39 is 10.9 Å². The second-order valence-corrected chi connectivity index (χ2v) is 6.56. The Morgan fingerprint density at radius 1 is 0.931 bits per heavy atom. The number of nitro groups is 1. The van der Waals surface area contributed by atoms with E-state index in [1.807, 2.05) is 26.0 Å². The van der Waals surface area contributed by atoms with Crippen LogP contribution in [0.2, 0.25) is 0 Å². The maximum Gasteiger partial charge on any atom is 0.343 e. The zero-order chi connectivity index (χ0) is 21.1. The maximum atomic E-state index is 12.4. The number of rotatable bonds is 5. The fourth-order valence-corrected chi connectivity index (χ4v) is 2.84. The lowest BCUT2D eigenvalue weighted by atomic mass is 10.1. The van der Waals surface area contributed by atoms with E-state index in [0.717, 1.165) is 11.4 Å². The number of aryl methyl sites for hydroxylation is 3. The summed E-state index contributed by atoms with van der Waals surface area (Å²) in [5.41, 5.74) is 5.51. The number of nitro benzene ring substituents is 1. The van der Waals surface area contributed by atoms with Crippen LogP contribution in [-0.4, -0.2) is 21.5 Å². The predicted octanol–water partition coefficient (Wildman–Crippen LogP) is 3.92. The summed E-state index contributed by atoms with van der Waals surface area (Å²) in [6.07, 6.45) is 0. The van der Waals surface area contributed by atoms with Crippen molar-refractivity contribution in [3.8, 4) is 5.75 Å². The molecule has 1 heterocycles. The third-order valence-electron chi connectivity index (χ3n) is 4.44. The number of carbonyl (C=O) groups is 2. The summed E-state index contributed by atoms with van der Waals surface area (Å²) < 4.78 is 6.98. The van der Waals surface area contributed by atoms with Crippen molar-refractivity contribution in [3.63, 3.8) is 0 Å². The summed E-state index contributed by atoms with van der Waals surface area (Å²) in [5.74, 6) is -0.675. The molecule has 0 fully saturated rings. The van der Waals surface area contributed by atoms with E-state index in [-0.39, 0.29) is 22.9 Å². The average Bonchev–Trinajstić information content (AvgIpc) is 3.00. The van der Waals surface area contributed by atoms with E-state index in [1.54, 1.807) is 23.7 Å². The third-order valence-corrected chi connectivity index (χ3v) is 4.44. The van der Waals surface area contributed by atoms with Crippen LogP contribution in [0.1, 0.15) is 37.7 Å². The molecule has 0 unspecified atom stereocenters. The second-order valence-electron chi connectivity index (χ2n) is 6.56. The van der Waals surface area contributed by atoms with Gasteiger partial charge in [-0.05, 0) is 69.3 Å². The number of aromatic nitrogens is 1. The van der Waals surface area contributed by atoms with Gasteiger partial charge in [-0.25, -0.2) is 4.79 Å². The molecule has 1 N–H and O–H groups in total. The first-order chi connectivity index (χ1) is 13.8. The number of ether oxygens (including phenoxy) is 1. The van der Waals surface area contributed by atoms with Crippen molar-refractivity contribution in [3.05, 3.63) is 92.8 Å². The molecular weight excluding hydrogens is 374 g/mol. The number of hydrogen-bond donors (Lipinski definition) is 1. The number of benzene rings is 2. The van der Waals surface area contributed by atoms with E-state index in [0.29, 0.717) is 11.1 Å². The molecule has 1 aromatic heterocycles. The molecule has 29 heavy (non-hydrogen) atoms. The first-order valence-electron chi connectivity index (χ1n) is 8.80. The van der Waals surface area contributed by atoms with Gasteiger partial charge in [0, 0.05) is 28.6 Å². The largest absolute Gasteiger partial charge is 0.423 e. The first-order valence-corrected chi connectivity index (χ1v) is 8.80. The molecule has 148 valence electrons. The minimum absolute atomic E-state index is 0.0647. The Hall–Kier alpha value is -3.94. The average molecular weight is 393 g/mol. The van der Waals surface area contributed by atoms with Crippen molar-refractivity contribution in [2.45, 2.75) is 20.8 Å². The van der Waals surface area contributed by atoms with Gasteiger partial charge in [-0.2, -0.15) is 0 Å². The van der Waals surface area contributed by atoms with Crippen LogP contribution < -0.4 is 10.2 Å². The standard InChI is InChI=1S/C21H19N3O5/c1-13-12-17(8-11-19(13)24(27)28)21(26)29-18-9-6-16(7-10-18)20(25)22-23-14(2)4-5-15(23)3/h4-12H,1-3H3,(H,22,25). The van der Waals surface area contributed by atoms with Crippen LogP contribution in [0.25, 0.3) is 0 Å². The fraction of sp³-hybridized carbons (Fsp3) is 0.143. The number of nitrogens with one attached hydrogen (secondary N) is 1. The normalized spacial score (nSPS) is 10.4. The van der Waals surface area contributed by atoms with E-state index in [4.69, 9.17) is 4.74 Å². The Balaban J connectivity index is 1.69. The van der Waals surface area contributed by atoms with Crippen LogP contribution in [0.5, 0.6) is 5.75 Å². The van der Waals surface area contributed by atoms with Gasteiger partial charge < -0.3 is 4.74 Å². The van der Waals surface area contributed by atoms with Crippen LogP contribution >= 0.6 is 0 Å². The van der Waals surface area contributed by atoms with E-state index in [1.165, 1.54) is 30.3 Å². The Kier molecular flexibility index (Phi) is 5.45. The summed E-state index contributed by atoms with van der Waals surface area (Å²) in [4.78, 5) is 35.0. The Bertz CT molecular complexity index is 1080. The number of esters is 1. The summed E-state index contributed by atoms with van der Waals surface area (Å²) >= 11 is 0. The van der Waals surface area contributed by atoms with Gasteiger partial charge >= 0.3 is 5.97 Å². The summed E-state index contributed by atoms with van der Waals surface area (Å²) in [5, 5.41) is 10.9. The molecule has 0 radical (unpaired) electrons. The zero-order valence-corrected chi connectivity index (χ0v) is 16.1. The molecule has 0 aliphatic heterocycles. The molecule has 8 heteroatoms. The molecule has 0 saturated heterocycles. The molecule has 2 aromatic carbocycles. The van der Waals surface area contributed by atoms with E-state index in [9.17, 15) is 19.7 Å². The molecule has 0 spiro atoms. The van der Waals surface area contributed by atoms with Crippen molar-refractivity contribution in [2.24, 2.45) is 0 Å². The third kappa shape index (κ3) is 4.32. The summed E-state index contributed by atoms with van der Waals surface area (Å²) in [6, 6.07) is 13.9. The van der Waals surface area contributed by atoms with Gasteiger partial charge in [-0.1, -0.05) is 0 Å². The number of nitrogens with zero attached hydrogens (tertiary/aromatic N) is 2. The molecule has 3 aromatic rings. The lowest BCUT2D eigenvalue weighted by Gasteiger charge is -2.11. The number of amides is 1. The van der Waals surface area contributed by atoms with Crippen LogP contribution in [0.3, 0.4) is 0 Å². The maximum absolute atomic E-state index is 12.4. The highest BCUT2D eigenvalue weighted by Crippen LogP contribution is 2.20. The highest BCUT2D eigenvalue weighted by Gasteiger charge is 2.16. The fourth-order valence-electron chi connectivity index (χ4n) is 2.84. The molecule has 8 nitrogen and oxygen atoms in total. The van der Waals surface area contributed by atoms with Crippen molar-refractivity contribution in [2.75, 3.05) is 5.43 Å². The quantitative estimate of drug-likeness (QED) is 0.306. The summed E-state index contributed by atoms with van der Waals surface area (Å²) in [6.45, 7) is 5.32. The molecule has 0 aliphatic carbocycles. The van der Waals surface area contributed by atoms with Gasteiger partial charge in [-0.3, -0.25) is 25.0 Å². The highest BCUT2D eigenvalue weighted by atomic mass is 16.6. The van der Waals surface area contributed by atoms with Crippen LogP contribution in [-0.2, 0) is 0 Å². The minimum atomic E-state index is -0.640. The monoisotopic (exact) mass is 393 g/mol. The van der Waals surface area contributed by atoms with Gasteiger partial charge in [-0.15, -0.1) is 0 Å². The molecule has 3 rings (SSSR count). The van der Waals surface area contributed by atoms with E-state index >= 15 is 0 Å². The Labute approximate surface area is 166 Å². The van der Waals surface area contributed by atoms with E-state index in [2.05, 4.69) is 5.43 Å². The lowest BCUT2D eigenvalue weighted by Crippen LogP contribution is -2.24. The van der Waals surface area contributed by atoms with Gasteiger partial charge in [0.25, 0.3) is 11.6 Å². The number of carbonyl (C=O) groups excluding carboxylic acids is 2. The van der Waals surface area contributed by atoms with Gasteiger partial charge in [0.15, 0.2) is 0 Å². The lowest BCUT2D eigenvalue weighted by molar-refractivity contribution is -0.385. The topological polar surface area (TPSA) is 103 Å². The smallest absolute Gasteiger partial charge is 0.343 e. The highest BCUT2D eigenvalue weighted by molar-refractivity contribution is 6.00. The molecule has 0 saturated carbocycles. The number of hydrogen-bond acceptors (Lipinski definition) is 5. The van der Waals surface area contributed by atoms with Gasteiger partial charge in [0.1, 0.15) is 5.75 Å².